The van der Waals surface area contributed by atoms with Crippen LogP contribution in [0.1, 0.15) is 24.2 Å². The fourth-order valence-corrected chi connectivity index (χ4v) is 1.45. The quantitative estimate of drug-likeness (QED) is 0.878. The summed E-state index contributed by atoms with van der Waals surface area (Å²) in [6.45, 7) is 3.82. The van der Waals surface area contributed by atoms with Crippen LogP contribution in [0.15, 0.2) is 36.7 Å². The van der Waals surface area contributed by atoms with Crippen molar-refractivity contribution < 1.29 is 4.74 Å². The van der Waals surface area contributed by atoms with E-state index >= 15 is 0 Å². The summed E-state index contributed by atoms with van der Waals surface area (Å²) < 4.78 is 5.67. The molecule has 2 heterocycles. The van der Waals surface area contributed by atoms with Crippen LogP contribution in [0.3, 0.4) is 0 Å². The van der Waals surface area contributed by atoms with E-state index in [1.807, 2.05) is 38.1 Å². The Morgan fingerprint density at radius 2 is 2.06 bits per heavy atom. The minimum Gasteiger partial charge on any atom is -0.437 e. The predicted octanol–water partition coefficient (Wildman–Crippen LogP) is 2.60. The molecule has 2 rings (SSSR count). The lowest BCUT2D eigenvalue weighted by molar-refractivity contribution is 0.455. The van der Waals surface area contributed by atoms with Crippen molar-refractivity contribution in [2.75, 3.05) is 0 Å². The van der Waals surface area contributed by atoms with Crippen LogP contribution in [0.2, 0.25) is 0 Å². The largest absolute Gasteiger partial charge is 0.437 e. The van der Waals surface area contributed by atoms with Crippen LogP contribution in [-0.2, 0) is 0 Å². The molecular weight excluding hydrogens is 214 g/mol. The molecule has 2 aromatic heterocycles. The van der Waals surface area contributed by atoms with Gasteiger partial charge in [0.05, 0.1) is 5.69 Å². The summed E-state index contributed by atoms with van der Waals surface area (Å²) in [7, 11) is 0. The van der Waals surface area contributed by atoms with E-state index in [-0.39, 0.29) is 6.04 Å². The SMILES string of the molecule is Cc1ncccc1Oc1cc(C(C)N)ccn1. The van der Waals surface area contributed by atoms with Crippen molar-refractivity contribution in [2.45, 2.75) is 19.9 Å². The normalized spacial score (nSPS) is 12.2. The number of nitrogens with zero attached hydrogens (tertiary/aromatic N) is 2. The third-order valence-electron chi connectivity index (χ3n) is 2.46. The Hall–Kier alpha value is -1.94. The standard InChI is InChI=1S/C13H15N3O/c1-9(14)11-5-7-16-13(8-11)17-12-4-3-6-15-10(12)2/h3-9H,14H2,1-2H3. The van der Waals surface area contributed by atoms with Crippen molar-refractivity contribution in [3.63, 3.8) is 0 Å². The maximum Gasteiger partial charge on any atom is 0.219 e. The Kier molecular flexibility index (Phi) is 3.35. The average Bonchev–Trinajstić information content (AvgIpc) is 2.32. The summed E-state index contributed by atoms with van der Waals surface area (Å²) in [6, 6.07) is 7.39. The van der Waals surface area contributed by atoms with Crippen LogP contribution in [0.25, 0.3) is 0 Å². The third kappa shape index (κ3) is 2.79. The van der Waals surface area contributed by atoms with E-state index < -0.39 is 0 Å². The zero-order valence-electron chi connectivity index (χ0n) is 9.92. The Morgan fingerprint density at radius 3 is 2.76 bits per heavy atom. The molecule has 88 valence electrons. The van der Waals surface area contributed by atoms with Gasteiger partial charge in [0.25, 0.3) is 0 Å². The summed E-state index contributed by atoms with van der Waals surface area (Å²) in [5.74, 6) is 1.25. The predicted molar refractivity (Wildman–Crippen MR) is 65.9 cm³/mol. The number of hydrogen-bond donors (Lipinski definition) is 1. The Morgan fingerprint density at radius 1 is 1.24 bits per heavy atom. The second-order valence-corrected chi connectivity index (χ2v) is 3.91. The first kappa shape index (κ1) is 11.5. The molecule has 4 nitrogen and oxygen atoms in total. The highest BCUT2D eigenvalue weighted by Gasteiger charge is 2.05. The van der Waals surface area contributed by atoms with Crippen LogP contribution < -0.4 is 10.5 Å². The van der Waals surface area contributed by atoms with Crippen molar-refractivity contribution >= 4 is 0 Å². The fraction of sp³-hybridized carbons (Fsp3) is 0.231. The van der Waals surface area contributed by atoms with Crippen LogP contribution in [0.4, 0.5) is 0 Å². The van der Waals surface area contributed by atoms with Gasteiger partial charge in [-0.15, -0.1) is 0 Å². The Bertz CT molecular complexity index is 512. The molecule has 1 atom stereocenters. The molecule has 4 heteroatoms. The minimum atomic E-state index is -0.0321. The molecule has 0 fully saturated rings. The molecule has 0 spiro atoms. The van der Waals surface area contributed by atoms with E-state index in [4.69, 9.17) is 10.5 Å². The van der Waals surface area contributed by atoms with Gasteiger partial charge in [-0.25, -0.2) is 4.98 Å². The van der Waals surface area contributed by atoms with Gasteiger partial charge >= 0.3 is 0 Å². The highest BCUT2D eigenvalue weighted by atomic mass is 16.5. The van der Waals surface area contributed by atoms with Gasteiger partial charge in [0.2, 0.25) is 5.88 Å². The Balaban J connectivity index is 2.25. The molecule has 0 aromatic carbocycles. The molecule has 0 bridgehead atoms. The number of pyridine rings is 2. The van der Waals surface area contributed by atoms with E-state index in [1.54, 1.807) is 12.4 Å². The van der Waals surface area contributed by atoms with Crippen LogP contribution >= 0.6 is 0 Å². The first-order valence-electron chi connectivity index (χ1n) is 5.48. The number of nitrogens with two attached hydrogens (primary N) is 1. The van der Waals surface area contributed by atoms with Gasteiger partial charge in [-0.2, -0.15) is 0 Å². The highest BCUT2D eigenvalue weighted by molar-refractivity contribution is 5.31. The van der Waals surface area contributed by atoms with Crippen LogP contribution in [-0.4, -0.2) is 9.97 Å². The molecule has 1 unspecified atom stereocenters. The monoisotopic (exact) mass is 229 g/mol. The molecule has 0 radical (unpaired) electrons. The molecule has 0 aliphatic carbocycles. The molecule has 17 heavy (non-hydrogen) atoms. The van der Waals surface area contributed by atoms with Gasteiger partial charge in [-0.3, -0.25) is 4.98 Å². The Labute approximate surface area is 100 Å². The van der Waals surface area contributed by atoms with E-state index in [1.165, 1.54) is 0 Å². The van der Waals surface area contributed by atoms with Gasteiger partial charge in [0.1, 0.15) is 0 Å². The van der Waals surface area contributed by atoms with Crippen LogP contribution in [0, 0.1) is 6.92 Å². The summed E-state index contributed by atoms with van der Waals surface area (Å²) in [5, 5.41) is 0. The summed E-state index contributed by atoms with van der Waals surface area (Å²) in [4.78, 5) is 8.31. The lowest BCUT2D eigenvalue weighted by Crippen LogP contribution is -2.05. The molecule has 2 aromatic rings. The smallest absolute Gasteiger partial charge is 0.219 e. The second kappa shape index (κ2) is 4.93. The third-order valence-corrected chi connectivity index (χ3v) is 2.46. The summed E-state index contributed by atoms with van der Waals surface area (Å²) >= 11 is 0. The molecule has 0 aliphatic rings. The van der Waals surface area contributed by atoms with Crippen molar-refractivity contribution in [2.24, 2.45) is 5.73 Å². The van der Waals surface area contributed by atoms with E-state index in [0.717, 1.165) is 11.3 Å². The lowest BCUT2D eigenvalue weighted by atomic mass is 10.1. The maximum absolute atomic E-state index is 5.81. The van der Waals surface area contributed by atoms with E-state index in [9.17, 15) is 0 Å². The maximum atomic E-state index is 5.81. The average molecular weight is 229 g/mol. The first-order chi connectivity index (χ1) is 8.16. The van der Waals surface area contributed by atoms with Gasteiger partial charge in [-0.1, -0.05) is 0 Å². The molecule has 0 aliphatic heterocycles. The highest BCUT2D eigenvalue weighted by Crippen LogP contribution is 2.23. The number of ether oxygens (including phenoxy) is 1. The number of hydrogen-bond acceptors (Lipinski definition) is 4. The molecular formula is C13H15N3O. The summed E-state index contributed by atoms with van der Waals surface area (Å²) in [5.41, 5.74) is 7.64. The number of aromatic nitrogens is 2. The topological polar surface area (TPSA) is 61.0 Å². The van der Waals surface area contributed by atoms with Gasteiger partial charge in [-0.05, 0) is 37.6 Å². The van der Waals surface area contributed by atoms with E-state index in [2.05, 4.69) is 9.97 Å². The molecule has 0 saturated heterocycles. The zero-order chi connectivity index (χ0) is 12.3. The van der Waals surface area contributed by atoms with Crippen LogP contribution in [0.5, 0.6) is 11.6 Å². The molecule has 0 amide bonds. The fourth-order valence-electron chi connectivity index (χ4n) is 1.45. The molecule has 0 saturated carbocycles. The second-order valence-electron chi connectivity index (χ2n) is 3.91. The van der Waals surface area contributed by atoms with Crippen molar-refractivity contribution in [1.82, 2.24) is 9.97 Å². The molecule has 2 N–H and O–H groups in total. The lowest BCUT2D eigenvalue weighted by Gasteiger charge is -2.09. The van der Waals surface area contributed by atoms with Crippen molar-refractivity contribution in [3.8, 4) is 11.6 Å². The van der Waals surface area contributed by atoms with Crippen molar-refractivity contribution in [1.29, 1.82) is 0 Å². The summed E-state index contributed by atoms with van der Waals surface area (Å²) in [6.07, 6.45) is 3.42. The number of aryl methyl sites for hydroxylation is 1. The number of rotatable bonds is 3. The zero-order valence-corrected chi connectivity index (χ0v) is 9.92. The van der Waals surface area contributed by atoms with Gasteiger partial charge < -0.3 is 10.5 Å². The van der Waals surface area contributed by atoms with Crippen molar-refractivity contribution in [3.05, 3.63) is 47.9 Å². The van der Waals surface area contributed by atoms with E-state index in [0.29, 0.717) is 11.6 Å². The van der Waals surface area contributed by atoms with Gasteiger partial charge in [0.15, 0.2) is 5.75 Å². The first-order valence-corrected chi connectivity index (χ1v) is 5.48. The van der Waals surface area contributed by atoms with Gasteiger partial charge in [0, 0.05) is 24.5 Å². The minimum absolute atomic E-state index is 0.0321.